The number of rotatable bonds is 4. The molecule has 0 atom stereocenters. The van der Waals surface area contributed by atoms with E-state index in [2.05, 4.69) is 13.7 Å². The monoisotopic (exact) mass is 370 g/mol. The number of aromatic nitrogens is 3. The number of pyridine rings is 1. The Bertz CT molecular complexity index is 860. The minimum absolute atomic E-state index is 0.103. The lowest BCUT2D eigenvalue weighted by molar-refractivity contribution is 0.0699. The van der Waals surface area contributed by atoms with Crippen molar-refractivity contribution in [2.75, 3.05) is 18.8 Å². The normalized spacial score (nSPS) is 15.6. The van der Waals surface area contributed by atoms with Crippen LogP contribution in [0.25, 0.3) is 11.0 Å². The van der Waals surface area contributed by atoms with Crippen LogP contribution in [0, 0.1) is 5.92 Å². The third kappa shape index (κ3) is 3.82. The Balaban J connectivity index is 1.32. The van der Waals surface area contributed by atoms with Gasteiger partial charge in [0, 0.05) is 30.6 Å². The Morgan fingerprint density at radius 3 is 2.80 bits per heavy atom. The van der Waals surface area contributed by atoms with Crippen LogP contribution in [0.4, 0.5) is 0 Å². The molecule has 2 aromatic heterocycles. The van der Waals surface area contributed by atoms with Crippen LogP contribution in [-0.4, -0.2) is 43.4 Å². The molecule has 1 aromatic carbocycles. The standard InChI is InChI=1S/C18H18N4OS2/c23-18(14-4-5-15-16(11-14)21-25-20-15)22-9-6-13(7-10-22)12-24-17-3-1-2-8-19-17/h1-5,8,11,13H,6-7,9-10,12H2. The van der Waals surface area contributed by atoms with Crippen LogP contribution in [0.5, 0.6) is 0 Å². The molecule has 1 fully saturated rings. The van der Waals surface area contributed by atoms with E-state index < -0.39 is 0 Å². The Labute approximate surface area is 154 Å². The Morgan fingerprint density at radius 2 is 2.00 bits per heavy atom. The minimum Gasteiger partial charge on any atom is -0.339 e. The van der Waals surface area contributed by atoms with Gasteiger partial charge in [-0.2, -0.15) is 8.75 Å². The van der Waals surface area contributed by atoms with E-state index in [1.54, 1.807) is 11.8 Å². The van der Waals surface area contributed by atoms with E-state index >= 15 is 0 Å². The average Bonchev–Trinajstić information content (AvgIpc) is 3.15. The van der Waals surface area contributed by atoms with E-state index in [1.807, 2.05) is 47.5 Å². The summed E-state index contributed by atoms with van der Waals surface area (Å²) in [6, 6.07) is 11.6. The highest BCUT2D eigenvalue weighted by atomic mass is 32.2. The zero-order valence-electron chi connectivity index (χ0n) is 13.7. The first kappa shape index (κ1) is 16.5. The third-order valence-electron chi connectivity index (χ3n) is 4.51. The Morgan fingerprint density at radius 1 is 1.16 bits per heavy atom. The number of carbonyl (C=O) groups is 1. The number of likely N-dealkylation sites (tertiary alicyclic amines) is 1. The summed E-state index contributed by atoms with van der Waals surface area (Å²) in [6.07, 6.45) is 3.93. The summed E-state index contributed by atoms with van der Waals surface area (Å²) in [5.41, 5.74) is 2.37. The molecule has 4 rings (SSSR count). The zero-order valence-corrected chi connectivity index (χ0v) is 15.3. The first-order valence-corrected chi connectivity index (χ1v) is 10.1. The van der Waals surface area contributed by atoms with E-state index in [4.69, 9.17) is 0 Å². The molecule has 0 spiro atoms. The zero-order chi connectivity index (χ0) is 17.1. The summed E-state index contributed by atoms with van der Waals surface area (Å²) in [4.78, 5) is 19.0. The van der Waals surface area contributed by atoms with Crippen molar-refractivity contribution in [3.63, 3.8) is 0 Å². The molecule has 3 heterocycles. The summed E-state index contributed by atoms with van der Waals surface area (Å²) >= 11 is 2.99. The van der Waals surface area contributed by atoms with Gasteiger partial charge in [0.2, 0.25) is 0 Å². The molecule has 1 aliphatic heterocycles. The number of thioether (sulfide) groups is 1. The molecule has 0 bridgehead atoms. The van der Waals surface area contributed by atoms with Crippen molar-refractivity contribution in [3.05, 3.63) is 48.2 Å². The van der Waals surface area contributed by atoms with E-state index in [-0.39, 0.29) is 5.91 Å². The fourth-order valence-electron chi connectivity index (χ4n) is 3.04. The number of carbonyl (C=O) groups excluding carboxylic acids is 1. The van der Waals surface area contributed by atoms with E-state index in [9.17, 15) is 4.79 Å². The number of hydrogen-bond acceptors (Lipinski definition) is 6. The van der Waals surface area contributed by atoms with Crippen molar-refractivity contribution in [2.45, 2.75) is 17.9 Å². The first-order valence-electron chi connectivity index (χ1n) is 8.35. The SMILES string of the molecule is O=C(c1ccc2nsnc2c1)N1CCC(CSc2ccccn2)CC1. The van der Waals surface area contributed by atoms with Crippen LogP contribution >= 0.6 is 23.5 Å². The van der Waals surface area contributed by atoms with Gasteiger partial charge in [0.15, 0.2) is 0 Å². The fraction of sp³-hybridized carbons (Fsp3) is 0.333. The molecular formula is C18H18N4OS2. The van der Waals surface area contributed by atoms with Gasteiger partial charge in [-0.25, -0.2) is 4.98 Å². The summed E-state index contributed by atoms with van der Waals surface area (Å²) in [5.74, 6) is 1.81. The average molecular weight is 371 g/mol. The van der Waals surface area contributed by atoms with Gasteiger partial charge in [-0.3, -0.25) is 4.79 Å². The van der Waals surface area contributed by atoms with Gasteiger partial charge in [0.05, 0.1) is 16.8 Å². The van der Waals surface area contributed by atoms with Crippen molar-refractivity contribution in [1.82, 2.24) is 18.6 Å². The molecule has 0 radical (unpaired) electrons. The summed E-state index contributed by atoms with van der Waals surface area (Å²) in [5, 5.41) is 1.08. The van der Waals surface area contributed by atoms with Gasteiger partial charge in [-0.15, -0.1) is 11.8 Å². The molecule has 0 saturated carbocycles. The van der Waals surface area contributed by atoms with E-state index in [0.29, 0.717) is 11.5 Å². The molecule has 1 amide bonds. The van der Waals surface area contributed by atoms with Crippen LogP contribution < -0.4 is 0 Å². The molecule has 1 aliphatic rings. The second-order valence-electron chi connectivity index (χ2n) is 6.18. The number of amides is 1. The molecule has 5 nitrogen and oxygen atoms in total. The minimum atomic E-state index is 0.103. The fourth-order valence-corrected chi connectivity index (χ4v) is 4.60. The van der Waals surface area contributed by atoms with Gasteiger partial charge in [-0.1, -0.05) is 6.07 Å². The lowest BCUT2D eigenvalue weighted by atomic mass is 9.98. The van der Waals surface area contributed by atoms with Crippen molar-refractivity contribution in [2.24, 2.45) is 5.92 Å². The molecule has 128 valence electrons. The van der Waals surface area contributed by atoms with Gasteiger partial charge in [0.1, 0.15) is 11.0 Å². The number of hydrogen-bond donors (Lipinski definition) is 0. The molecular weight excluding hydrogens is 352 g/mol. The van der Waals surface area contributed by atoms with Crippen LogP contribution in [-0.2, 0) is 0 Å². The maximum absolute atomic E-state index is 12.7. The number of benzene rings is 1. The second kappa shape index (κ2) is 7.49. The predicted octanol–water partition coefficient (Wildman–Crippen LogP) is 3.73. The van der Waals surface area contributed by atoms with E-state index in [1.165, 1.54) is 11.7 Å². The largest absolute Gasteiger partial charge is 0.339 e. The molecule has 0 N–H and O–H groups in total. The molecule has 7 heteroatoms. The highest BCUT2D eigenvalue weighted by Crippen LogP contribution is 2.26. The smallest absolute Gasteiger partial charge is 0.253 e. The van der Waals surface area contributed by atoms with Crippen molar-refractivity contribution < 1.29 is 4.79 Å². The molecule has 0 aliphatic carbocycles. The quantitative estimate of drug-likeness (QED) is 0.655. The Hall–Kier alpha value is -1.99. The van der Waals surface area contributed by atoms with Gasteiger partial charge in [0.25, 0.3) is 5.91 Å². The van der Waals surface area contributed by atoms with Gasteiger partial charge >= 0.3 is 0 Å². The topological polar surface area (TPSA) is 59.0 Å². The van der Waals surface area contributed by atoms with Crippen molar-refractivity contribution >= 4 is 40.4 Å². The number of piperidine rings is 1. The lowest BCUT2D eigenvalue weighted by Crippen LogP contribution is -2.39. The Kier molecular flexibility index (Phi) is 4.94. The van der Waals surface area contributed by atoms with E-state index in [0.717, 1.165) is 47.7 Å². The van der Waals surface area contributed by atoms with Gasteiger partial charge in [-0.05, 0) is 49.1 Å². The molecule has 3 aromatic rings. The predicted molar refractivity (Wildman–Crippen MR) is 101 cm³/mol. The van der Waals surface area contributed by atoms with Crippen LogP contribution in [0.1, 0.15) is 23.2 Å². The second-order valence-corrected chi connectivity index (χ2v) is 7.75. The maximum atomic E-state index is 12.7. The van der Waals surface area contributed by atoms with Crippen molar-refractivity contribution in [3.8, 4) is 0 Å². The van der Waals surface area contributed by atoms with Crippen LogP contribution in [0.2, 0.25) is 0 Å². The van der Waals surface area contributed by atoms with Crippen LogP contribution in [0.3, 0.4) is 0 Å². The molecule has 1 saturated heterocycles. The van der Waals surface area contributed by atoms with Gasteiger partial charge < -0.3 is 4.90 Å². The van der Waals surface area contributed by atoms with Crippen LogP contribution in [0.15, 0.2) is 47.6 Å². The molecule has 25 heavy (non-hydrogen) atoms. The lowest BCUT2D eigenvalue weighted by Gasteiger charge is -2.31. The van der Waals surface area contributed by atoms with Crippen molar-refractivity contribution in [1.29, 1.82) is 0 Å². The first-order chi connectivity index (χ1) is 12.3. The summed E-state index contributed by atoms with van der Waals surface area (Å²) in [6.45, 7) is 1.64. The number of nitrogens with zero attached hydrogens (tertiary/aromatic N) is 4. The maximum Gasteiger partial charge on any atom is 0.253 e. The highest BCUT2D eigenvalue weighted by molar-refractivity contribution is 7.99. The number of fused-ring (bicyclic) bond motifs is 1. The highest BCUT2D eigenvalue weighted by Gasteiger charge is 2.24. The molecule has 0 unspecified atom stereocenters. The third-order valence-corrected chi connectivity index (χ3v) is 6.24. The summed E-state index contributed by atoms with van der Waals surface area (Å²) in [7, 11) is 0. The summed E-state index contributed by atoms with van der Waals surface area (Å²) < 4.78 is 8.41.